The zero-order valence-electron chi connectivity index (χ0n) is 11.7. The third kappa shape index (κ3) is 2.39. The summed E-state index contributed by atoms with van der Waals surface area (Å²) in [6.45, 7) is 7.78. The van der Waals surface area contributed by atoms with Gasteiger partial charge in [-0.1, -0.05) is 6.07 Å². The maximum atomic E-state index is 9.44. The molecular weight excluding hydrogens is 241 g/mol. The van der Waals surface area contributed by atoms with Gasteiger partial charge in [0.1, 0.15) is 0 Å². The summed E-state index contributed by atoms with van der Waals surface area (Å²) in [5, 5.41) is 18.3. The van der Waals surface area contributed by atoms with Crippen molar-refractivity contribution in [1.29, 1.82) is 5.26 Å². The molecule has 0 radical (unpaired) electrons. The summed E-state index contributed by atoms with van der Waals surface area (Å²) in [7, 11) is -0.514. The number of nitriles is 1. The Morgan fingerprint density at radius 1 is 1.21 bits per heavy atom. The minimum absolute atomic E-state index is 0.144. The fraction of sp³-hybridized carbons (Fsp3) is 0.500. The van der Waals surface area contributed by atoms with Crippen LogP contribution in [0, 0.1) is 11.3 Å². The van der Waals surface area contributed by atoms with Gasteiger partial charge in [-0.3, -0.25) is 0 Å². The molecule has 2 rings (SSSR count). The van der Waals surface area contributed by atoms with Crippen LogP contribution >= 0.6 is 0 Å². The molecule has 0 spiro atoms. The normalized spacial score (nSPS) is 20.3. The van der Waals surface area contributed by atoms with Crippen molar-refractivity contribution < 1.29 is 14.4 Å². The van der Waals surface area contributed by atoms with Crippen molar-refractivity contribution in [3.63, 3.8) is 0 Å². The second-order valence-corrected chi connectivity index (χ2v) is 5.77. The lowest BCUT2D eigenvalue weighted by Crippen LogP contribution is -2.41. The first-order valence-electron chi connectivity index (χ1n) is 6.30. The topological polar surface area (TPSA) is 62.5 Å². The van der Waals surface area contributed by atoms with Gasteiger partial charge in [0.2, 0.25) is 0 Å². The van der Waals surface area contributed by atoms with Crippen molar-refractivity contribution in [1.82, 2.24) is 0 Å². The molecule has 1 fully saturated rings. The molecule has 19 heavy (non-hydrogen) atoms. The zero-order chi connectivity index (χ0) is 14.3. The van der Waals surface area contributed by atoms with Crippen LogP contribution in [-0.2, 0) is 15.9 Å². The van der Waals surface area contributed by atoms with E-state index in [4.69, 9.17) is 14.6 Å². The Morgan fingerprint density at radius 2 is 1.79 bits per heavy atom. The standard InChI is InChI=1S/C14H18BNO3/c1-13(2)14(3,4)19-15(18-13)12-6-5-10(8-16)7-11(12)9-17/h5-7,17H,9H2,1-4H3. The molecule has 4 nitrogen and oxygen atoms in total. The average molecular weight is 259 g/mol. The number of hydrogen-bond acceptors (Lipinski definition) is 4. The molecule has 1 heterocycles. The Hall–Kier alpha value is -1.35. The first-order valence-corrected chi connectivity index (χ1v) is 6.30. The van der Waals surface area contributed by atoms with Crippen molar-refractivity contribution in [2.45, 2.75) is 45.5 Å². The average Bonchev–Trinajstić information content (AvgIpc) is 2.57. The van der Waals surface area contributed by atoms with Crippen LogP contribution in [0.3, 0.4) is 0 Å². The van der Waals surface area contributed by atoms with Gasteiger partial charge in [-0.25, -0.2) is 0 Å². The summed E-state index contributed by atoms with van der Waals surface area (Å²) >= 11 is 0. The van der Waals surface area contributed by atoms with Crippen LogP contribution in [0.1, 0.15) is 38.8 Å². The highest BCUT2D eigenvalue weighted by molar-refractivity contribution is 6.62. The second kappa shape index (κ2) is 4.64. The Labute approximate surface area is 114 Å². The second-order valence-electron chi connectivity index (χ2n) is 5.77. The number of benzene rings is 1. The third-order valence-electron chi connectivity index (χ3n) is 3.95. The van der Waals surface area contributed by atoms with Gasteiger partial charge in [-0.15, -0.1) is 0 Å². The molecule has 0 bridgehead atoms. The number of nitrogens with zero attached hydrogens (tertiary/aromatic N) is 1. The van der Waals surface area contributed by atoms with Gasteiger partial charge < -0.3 is 14.4 Å². The fourth-order valence-electron chi connectivity index (χ4n) is 2.01. The van der Waals surface area contributed by atoms with Gasteiger partial charge in [-0.2, -0.15) is 5.26 Å². The zero-order valence-corrected chi connectivity index (χ0v) is 11.7. The quantitative estimate of drug-likeness (QED) is 0.814. The highest BCUT2D eigenvalue weighted by atomic mass is 16.7. The fourth-order valence-corrected chi connectivity index (χ4v) is 2.01. The number of aliphatic hydroxyl groups is 1. The van der Waals surface area contributed by atoms with Gasteiger partial charge in [0.15, 0.2) is 0 Å². The van der Waals surface area contributed by atoms with Crippen molar-refractivity contribution >= 4 is 12.6 Å². The van der Waals surface area contributed by atoms with Crippen LogP contribution in [0.2, 0.25) is 0 Å². The van der Waals surface area contributed by atoms with E-state index < -0.39 is 18.3 Å². The van der Waals surface area contributed by atoms with E-state index >= 15 is 0 Å². The Kier molecular flexibility index (Phi) is 3.44. The predicted octanol–water partition coefficient (Wildman–Crippen LogP) is 1.35. The summed E-state index contributed by atoms with van der Waals surface area (Å²) < 4.78 is 11.9. The molecule has 1 saturated heterocycles. The van der Waals surface area contributed by atoms with Gasteiger partial charge in [0.25, 0.3) is 0 Å². The summed E-state index contributed by atoms with van der Waals surface area (Å²) in [5.74, 6) is 0. The van der Waals surface area contributed by atoms with Gasteiger partial charge in [0, 0.05) is 0 Å². The van der Waals surface area contributed by atoms with Gasteiger partial charge in [-0.05, 0) is 50.9 Å². The van der Waals surface area contributed by atoms with E-state index in [9.17, 15) is 5.11 Å². The molecule has 100 valence electrons. The molecule has 1 aliphatic rings. The number of aliphatic hydroxyl groups excluding tert-OH is 1. The molecule has 0 aromatic heterocycles. The maximum Gasteiger partial charge on any atom is 0.495 e. The lowest BCUT2D eigenvalue weighted by molar-refractivity contribution is 0.00578. The SMILES string of the molecule is CC1(C)OB(c2ccc(C#N)cc2CO)OC1(C)C. The highest BCUT2D eigenvalue weighted by Crippen LogP contribution is 2.36. The summed E-state index contributed by atoms with van der Waals surface area (Å²) in [6.07, 6.45) is 0. The number of rotatable bonds is 2. The van der Waals surface area contributed by atoms with E-state index in [0.29, 0.717) is 11.1 Å². The van der Waals surface area contributed by atoms with E-state index in [1.54, 1.807) is 18.2 Å². The minimum Gasteiger partial charge on any atom is -0.399 e. The molecule has 0 aliphatic carbocycles. The molecule has 0 atom stereocenters. The van der Waals surface area contributed by atoms with Crippen LogP contribution < -0.4 is 5.46 Å². The van der Waals surface area contributed by atoms with Crippen LogP contribution in [0.5, 0.6) is 0 Å². The Balaban J connectivity index is 2.37. The smallest absolute Gasteiger partial charge is 0.399 e. The van der Waals surface area contributed by atoms with Crippen LogP contribution in [0.15, 0.2) is 18.2 Å². The molecule has 1 aromatic rings. The molecular formula is C14H18BNO3. The lowest BCUT2D eigenvalue weighted by atomic mass is 9.75. The Morgan fingerprint density at radius 3 is 2.26 bits per heavy atom. The third-order valence-corrected chi connectivity index (χ3v) is 3.95. The predicted molar refractivity (Wildman–Crippen MR) is 72.8 cm³/mol. The first-order chi connectivity index (χ1) is 8.80. The maximum absolute atomic E-state index is 9.44. The molecule has 0 unspecified atom stereocenters. The number of hydrogen-bond donors (Lipinski definition) is 1. The van der Waals surface area contributed by atoms with Crippen LogP contribution in [0.25, 0.3) is 0 Å². The highest BCUT2D eigenvalue weighted by Gasteiger charge is 2.52. The first kappa shape index (κ1) is 14.1. The Bertz CT molecular complexity index is 518. The van der Waals surface area contributed by atoms with E-state index in [2.05, 4.69) is 6.07 Å². The van der Waals surface area contributed by atoms with E-state index in [1.165, 1.54) is 0 Å². The lowest BCUT2D eigenvalue weighted by Gasteiger charge is -2.32. The molecule has 1 aromatic carbocycles. The minimum atomic E-state index is -0.514. The van der Waals surface area contributed by atoms with E-state index in [0.717, 1.165) is 5.46 Å². The molecule has 1 aliphatic heterocycles. The molecule has 0 amide bonds. The molecule has 5 heteroatoms. The van der Waals surface area contributed by atoms with Crippen molar-refractivity contribution in [2.75, 3.05) is 0 Å². The molecule has 1 N–H and O–H groups in total. The van der Waals surface area contributed by atoms with E-state index in [1.807, 2.05) is 27.7 Å². The van der Waals surface area contributed by atoms with Crippen LogP contribution in [0.4, 0.5) is 0 Å². The summed E-state index contributed by atoms with van der Waals surface area (Å²) in [4.78, 5) is 0. The molecule has 0 saturated carbocycles. The summed E-state index contributed by atoms with van der Waals surface area (Å²) in [5.41, 5.74) is 1.12. The van der Waals surface area contributed by atoms with Crippen LogP contribution in [-0.4, -0.2) is 23.4 Å². The van der Waals surface area contributed by atoms with Crippen molar-refractivity contribution in [2.24, 2.45) is 0 Å². The monoisotopic (exact) mass is 259 g/mol. The van der Waals surface area contributed by atoms with Crippen molar-refractivity contribution in [3.05, 3.63) is 29.3 Å². The van der Waals surface area contributed by atoms with Gasteiger partial charge >= 0.3 is 7.12 Å². The van der Waals surface area contributed by atoms with Gasteiger partial charge in [0.05, 0.1) is 29.4 Å². The summed E-state index contributed by atoms with van der Waals surface area (Å²) in [6, 6.07) is 7.22. The largest absolute Gasteiger partial charge is 0.495 e. The van der Waals surface area contributed by atoms with E-state index in [-0.39, 0.29) is 6.61 Å². The van der Waals surface area contributed by atoms with Crippen molar-refractivity contribution in [3.8, 4) is 6.07 Å².